The predicted molar refractivity (Wildman–Crippen MR) is 118 cm³/mol. The van der Waals surface area contributed by atoms with Crippen LogP contribution in [0, 0.1) is 19.8 Å². The molecule has 30 heavy (non-hydrogen) atoms. The number of thiazole rings is 1. The summed E-state index contributed by atoms with van der Waals surface area (Å²) >= 11 is 1.07. The molecular formula is C22H25N3O4S. The number of nitrogens with zero attached hydrogens (tertiary/aromatic N) is 2. The number of para-hydroxylation sites is 1. The van der Waals surface area contributed by atoms with Gasteiger partial charge in [-0.25, -0.2) is 9.78 Å². The minimum atomic E-state index is -0.761. The van der Waals surface area contributed by atoms with Crippen LogP contribution in [-0.2, 0) is 9.53 Å². The number of ether oxygens (including phenoxy) is 1. The molecule has 1 aromatic carbocycles. The SMILES string of the molecule is Cc1nc(NC(=O)C(C)n2c(=O)cc(C)c3ccccc32)sc1C(=O)OCC(C)C. The van der Waals surface area contributed by atoms with Crippen molar-refractivity contribution < 1.29 is 14.3 Å². The number of fused-ring (bicyclic) bond motifs is 1. The Hall–Kier alpha value is -3.00. The average Bonchev–Trinajstić information content (AvgIpc) is 3.06. The molecule has 0 aliphatic carbocycles. The van der Waals surface area contributed by atoms with Gasteiger partial charge in [0.25, 0.3) is 5.56 Å². The lowest BCUT2D eigenvalue weighted by molar-refractivity contribution is -0.118. The summed E-state index contributed by atoms with van der Waals surface area (Å²) in [5, 5.41) is 3.94. The Balaban J connectivity index is 1.84. The summed E-state index contributed by atoms with van der Waals surface area (Å²) in [6, 6.07) is 8.24. The summed E-state index contributed by atoms with van der Waals surface area (Å²) in [5.41, 5.74) is 1.80. The highest BCUT2D eigenvalue weighted by Crippen LogP contribution is 2.25. The molecule has 0 saturated heterocycles. The highest BCUT2D eigenvalue weighted by Gasteiger charge is 2.22. The third-order valence-corrected chi connectivity index (χ3v) is 5.75. The number of anilines is 1. The topological polar surface area (TPSA) is 90.3 Å². The molecule has 0 spiro atoms. The molecule has 1 amide bonds. The Labute approximate surface area is 178 Å². The fraction of sp³-hybridized carbons (Fsp3) is 0.364. The van der Waals surface area contributed by atoms with Gasteiger partial charge >= 0.3 is 5.97 Å². The third-order valence-electron chi connectivity index (χ3n) is 4.69. The Kier molecular flexibility index (Phi) is 6.36. The molecule has 0 saturated carbocycles. The van der Waals surface area contributed by atoms with E-state index in [1.807, 2.05) is 45.0 Å². The van der Waals surface area contributed by atoms with Crippen molar-refractivity contribution in [1.29, 1.82) is 0 Å². The summed E-state index contributed by atoms with van der Waals surface area (Å²) < 4.78 is 6.72. The van der Waals surface area contributed by atoms with Crippen LogP contribution < -0.4 is 10.9 Å². The Morgan fingerprint density at radius 2 is 1.90 bits per heavy atom. The van der Waals surface area contributed by atoms with Gasteiger partial charge in [0.15, 0.2) is 5.13 Å². The smallest absolute Gasteiger partial charge is 0.350 e. The number of aromatic nitrogens is 2. The number of carbonyl (C=O) groups is 2. The lowest BCUT2D eigenvalue weighted by Crippen LogP contribution is -2.31. The van der Waals surface area contributed by atoms with Crippen molar-refractivity contribution in [1.82, 2.24) is 9.55 Å². The van der Waals surface area contributed by atoms with Gasteiger partial charge in [0.2, 0.25) is 5.91 Å². The first-order valence-corrected chi connectivity index (χ1v) is 10.6. The van der Waals surface area contributed by atoms with Crippen molar-refractivity contribution in [2.45, 2.75) is 40.7 Å². The standard InChI is InChI=1S/C22H25N3O4S/c1-12(2)11-29-21(28)19-14(4)23-22(30-19)24-20(27)15(5)25-17-9-7-6-8-16(17)13(3)10-18(25)26/h6-10,12,15H,11H2,1-5H3,(H,23,24,27). The third kappa shape index (κ3) is 4.43. The maximum atomic E-state index is 12.9. The van der Waals surface area contributed by atoms with Crippen LogP contribution in [0.4, 0.5) is 5.13 Å². The summed E-state index contributed by atoms with van der Waals surface area (Å²) in [6.07, 6.45) is 0. The number of rotatable bonds is 6. The van der Waals surface area contributed by atoms with Gasteiger partial charge in [-0.1, -0.05) is 43.4 Å². The number of pyridine rings is 1. The van der Waals surface area contributed by atoms with E-state index in [0.29, 0.717) is 27.8 Å². The van der Waals surface area contributed by atoms with Crippen molar-refractivity contribution in [2.24, 2.45) is 5.92 Å². The Morgan fingerprint density at radius 1 is 1.20 bits per heavy atom. The van der Waals surface area contributed by atoms with Crippen LogP contribution in [0.15, 0.2) is 35.1 Å². The fourth-order valence-electron chi connectivity index (χ4n) is 3.14. The first kappa shape index (κ1) is 21.7. The van der Waals surface area contributed by atoms with Gasteiger partial charge in [-0.2, -0.15) is 0 Å². The number of aryl methyl sites for hydroxylation is 2. The largest absolute Gasteiger partial charge is 0.461 e. The quantitative estimate of drug-likeness (QED) is 0.599. The lowest BCUT2D eigenvalue weighted by atomic mass is 10.1. The van der Waals surface area contributed by atoms with E-state index >= 15 is 0 Å². The monoisotopic (exact) mass is 427 g/mol. The first-order chi connectivity index (χ1) is 14.2. The van der Waals surface area contributed by atoms with Crippen molar-refractivity contribution in [3.63, 3.8) is 0 Å². The number of hydrogen-bond acceptors (Lipinski definition) is 6. The molecule has 0 bridgehead atoms. The fourth-order valence-corrected chi connectivity index (χ4v) is 4.01. The minimum Gasteiger partial charge on any atom is -0.461 e. The average molecular weight is 428 g/mol. The molecule has 1 atom stereocenters. The van der Waals surface area contributed by atoms with Gasteiger partial charge in [-0.3, -0.25) is 14.2 Å². The van der Waals surface area contributed by atoms with E-state index in [1.165, 1.54) is 10.6 Å². The number of esters is 1. The first-order valence-electron chi connectivity index (χ1n) is 9.75. The predicted octanol–water partition coefficient (Wildman–Crippen LogP) is 4.09. The molecule has 0 aliphatic heterocycles. The zero-order valence-corrected chi connectivity index (χ0v) is 18.5. The van der Waals surface area contributed by atoms with E-state index in [-0.39, 0.29) is 17.4 Å². The maximum Gasteiger partial charge on any atom is 0.350 e. The van der Waals surface area contributed by atoms with E-state index in [0.717, 1.165) is 22.3 Å². The van der Waals surface area contributed by atoms with Crippen molar-refractivity contribution in [2.75, 3.05) is 11.9 Å². The molecule has 2 heterocycles. The highest BCUT2D eigenvalue weighted by molar-refractivity contribution is 7.17. The van der Waals surface area contributed by atoms with Gasteiger partial charge in [0, 0.05) is 11.5 Å². The molecule has 0 radical (unpaired) electrons. The second-order valence-corrected chi connectivity index (χ2v) is 8.64. The second-order valence-electron chi connectivity index (χ2n) is 7.64. The van der Waals surface area contributed by atoms with Gasteiger partial charge in [-0.15, -0.1) is 0 Å². The molecule has 3 rings (SSSR count). The lowest BCUT2D eigenvalue weighted by Gasteiger charge is -2.18. The molecule has 1 unspecified atom stereocenters. The zero-order chi connectivity index (χ0) is 22.0. The number of benzene rings is 1. The van der Waals surface area contributed by atoms with Crippen LogP contribution in [0.1, 0.15) is 47.7 Å². The molecule has 7 nitrogen and oxygen atoms in total. The van der Waals surface area contributed by atoms with E-state index in [4.69, 9.17) is 4.74 Å². The molecule has 0 aliphatic rings. The number of amides is 1. The van der Waals surface area contributed by atoms with Gasteiger partial charge in [0.1, 0.15) is 10.9 Å². The molecule has 3 aromatic rings. The van der Waals surface area contributed by atoms with Gasteiger partial charge in [-0.05, 0) is 38.3 Å². The minimum absolute atomic E-state index is 0.227. The highest BCUT2D eigenvalue weighted by atomic mass is 32.1. The van der Waals surface area contributed by atoms with E-state index in [2.05, 4.69) is 10.3 Å². The van der Waals surface area contributed by atoms with Crippen molar-refractivity contribution in [3.8, 4) is 0 Å². The number of hydrogen-bond donors (Lipinski definition) is 1. The van der Waals surface area contributed by atoms with E-state index in [9.17, 15) is 14.4 Å². The van der Waals surface area contributed by atoms with E-state index in [1.54, 1.807) is 13.8 Å². The zero-order valence-electron chi connectivity index (χ0n) is 17.7. The van der Waals surface area contributed by atoms with Crippen LogP contribution in [0.25, 0.3) is 10.9 Å². The number of nitrogens with one attached hydrogen (secondary N) is 1. The van der Waals surface area contributed by atoms with Crippen LogP contribution >= 0.6 is 11.3 Å². The van der Waals surface area contributed by atoms with Gasteiger partial charge < -0.3 is 10.1 Å². The molecule has 8 heteroatoms. The maximum absolute atomic E-state index is 12.9. The molecule has 0 fully saturated rings. The number of carbonyl (C=O) groups excluding carboxylic acids is 2. The van der Waals surface area contributed by atoms with Crippen molar-refractivity contribution >= 4 is 39.2 Å². The Bertz CT molecular complexity index is 1160. The van der Waals surface area contributed by atoms with Crippen LogP contribution in [0.5, 0.6) is 0 Å². The van der Waals surface area contributed by atoms with Crippen molar-refractivity contribution in [3.05, 3.63) is 56.8 Å². The Morgan fingerprint density at radius 3 is 2.60 bits per heavy atom. The van der Waals surface area contributed by atoms with Crippen LogP contribution in [0.2, 0.25) is 0 Å². The van der Waals surface area contributed by atoms with Crippen LogP contribution in [-0.4, -0.2) is 28.0 Å². The molecule has 1 N–H and O–H groups in total. The second kappa shape index (κ2) is 8.79. The van der Waals surface area contributed by atoms with E-state index < -0.39 is 12.0 Å². The summed E-state index contributed by atoms with van der Waals surface area (Å²) in [5.74, 6) is -0.611. The molecule has 2 aromatic heterocycles. The van der Waals surface area contributed by atoms with Crippen LogP contribution in [0.3, 0.4) is 0 Å². The summed E-state index contributed by atoms with van der Waals surface area (Å²) in [6.45, 7) is 9.46. The normalized spacial score (nSPS) is 12.2. The molecular weight excluding hydrogens is 402 g/mol. The van der Waals surface area contributed by atoms with Gasteiger partial charge in [0.05, 0.1) is 17.8 Å². The summed E-state index contributed by atoms with van der Waals surface area (Å²) in [7, 11) is 0. The summed E-state index contributed by atoms with van der Waals surface area (Å²) in [4.78, 5) is 42.4. The molecule has 158 valence electrons.